The molecule has 0 unspecified atom stereocenters. The number of nitrogens with zero attached hydrogens (tertiary/aromatic N) is 1. The lowest BCUT2D eigenvalue weighted by atomic mass is 10.1. The molecule has 6 nitrogen and oxygen atoms in total. The minimum absolute atomic E-state index is 0.128. The Morgan fingerprint density at radius 3 is 2.41 bits per heavy atom. The summed E-state index contributed by atoms with van der Waals surface area (Å²) in [5.74, 6) is 0.519. The number of nitrogens with one attached hydrogen (secondary N) is 1. The number of benzene rings is 3. The topological polar surface area (TPSA) is 75.7 Å². The van der Waals surface area contributed by atoms with E-state index in [1.807, 2.05) is 31.2 Å². The van der Waals surface area contributed by atoms with Crippen molar-refractivity contribution in [1.29, 1.82) is 0 Å². The third-order valence-corrected chi connectivity index (χ3v) is 6.13. The molecule has 8 heteroatoms. The summed E-state index contributed by atoms with van der Waals surface area (Å²) >= 11 is 6.03. The number of sulfonamides is 1. The van der Waals surface area contributed by atoms with E-state index in [0.717, 1.165) is 23.1 Å². The molecule has 0 saturated carbocycles. The summed E-state index contributed by atoms with van der Waals surface area (Å²) in [4.78, 5) is 12.6. The Balaban J connectivity index is 1.69. The number of anilines is 1. The monoisotopic (exact) mass is 472 g/mol. The number of hydrogen-bond donors (Lipinski definition) is 1. The Bertz CT molecular complexity index is 1180. The minimum atomic E-state index is -3.52. The van der Waals surface area contributed by atoms with Gasteiger partial charge in [0.2, 0.25) is 10.0 Å². The number of halogens is 1. The molecule has 0 aliphatic heterocycles. The average molecular weight is 473 g/mol. The van der Waals surface area contributed by atoms with Gasteiger partial charge in [0, 0.05) is 22.7 Å². The van der Waals surface area contributed by atoms with E-state index in [1.54, 1.807) is 48.5 Å². The number of carbonyl (C=O) groups excluding carboxylic acids is 1. The second-order valence-electron chi connectivity index (χ2n) is 7.17. The van der Waals surface area contributed by atoms with Crippen LogP contribution in [-0.2, 0) is 23.1 Å². The summed E-state index contributed by atoms with van der Waals surface area (Å²) < 4.78 is 31.5. The SMILES string of the molecule is CCOc1ccccc1CNC(=O)c1ccc(CN(c2cccc(Cl)c2)S(C)(=O)=O)cc1. The van der Waals surface area contributed by atoms with E-state index in [-0.39, 0.29) is 12.5 Å². The molecule has 3 aromatic carbocycles. The summed E-state index contributed by atoms with van der Waals surface area (Å²) in [6, 6.07) is 21.1. The second kappa shape index (κ2) is 10.5. The van der Waals surface area contributed by atoms with Gasteiger partial charge in [-0.2, -0.15) is 0 Å². The van der Waals surface area contributed by atoms with E-state index < -0.39 is 10.0 Å². The predicted octanol–water partition coefficient (Wildman–Crippen LogP) is 4.63. The molecule has 0 bridgehead atoms. The summed E-state index contributed by atoms with van der Waals surface area (Å²) in [6.45, 7) is 2.93. The van der Waals surface area contributed by atoms with Gasteiger partial charge in [-0.3, -0.25) is 9.10 Å². The van der Waals surface area contributed by atoms with Gasteiger partial charge in [-0.25, -0.2) is 8.42 Å². The van der Waals surface area contributed by atoms with Crippen LogP contribution in [0.2, 0.25) is 5.02 Å². The van der Waals surface area contributed by atoms with Crippen LogP contribution in [0.25, 0.3) is 0 Å². The van der Waals surface area contributed by atoms with Gasteiger partial charge in [0.25, 0.3) is 5.91 Å². The van der Waals surface area contributed by atoms with E-state index in [0.29, 0.717) is 29.4 Å². The van der Waals surface area contributed by atoms with Crippen molar-refractivity contribution in [2.45, 2.75) is 20.0 Å². The van der Waals surface area contributed by atoms with Gasteiger partial charge in [-0.1, -0.05) is 48.0 Å². The van der Waals surface area contributed by atoms with Crippen molar-refractivity contribution >= 4 is 33.2 Å². The molecular formula is C24H25ClN2O4S. The molecule has 0 saturated heterocycles. The van der Waals surface area contributed by atoms with Crippen LogP contribution in [0.15, 0.2) is 72.8 Å². The normalized spacial score (nSPS) is 11.1. The molecule has 32 heavy (non-hydrogen) atoms. The zero-order chi connectivity index (χ0) is 23.1. The van der Waals surface area contributed by atoms with E-state index in [1.165, 1.54) is 4.31 Å². The molecule has 0 aliphatic rings. The summed E-state index contributed by atoms with van der Waals surface area (Å²) in [5, 5.41) is 3.34. The standard InChI is InChI=1S/C24H25ClN2O4S/c1-3-31-23-10-5-4-7-20(23)16-26-24(28)19-13-11-18(12-14-19)17-27(32(2,29)30)22-9-6-8-21(25)15-22/h4-15H,3,16-17H2,1-2H3,(H,26,28). The van der Waals surface area contributed by atoms with Crippen molar-refractivity contribution in [3.63, 3.8) is 0 Å². The summed E-state index contributed by atoms with van der Waals surface area (Å²) in [7, 11) is -3.52. The molecule has 0 radical (unpaired) electrons. The lowest BCUT2D eigenvalue weighted by Gasteiger charge is -2.22. The van der Waals surface area contributed by atoms with Gasteiger partial charge in [0.05, 0.1) is 25.1 Å². The highest BCUT2D eigenvalue weighted by Crippen LogP contribution is 2.24. The first-order valence-electron chi connectivity index (χ1n) is 10.1. The third kappa shape index (κ3) is 6.24. The maximum absolute atomic E-state index is 12.6. The molecule has 1 N–H and O–H groups in total. The fraction of sp³-hybridized carbons (Fsp3) is 0.208. The largest absolute Gasteiger partial charge is 0.494 e. The number of carbonyl (C=O) groups is 1. The van der Waals surface area contributed by atoms with Gasteiger partial charge < -0.3 is 10.1 Å². The smallest absolute Gasteiger partial charge is 0.251 e. The first-order valence-corrected chi connectivity index (χ1v) is 12.3. The molecule has 0 aromatic heterocycles. The van der Waals surface area contributed by atoms with Crippen molar-refractivity contribution in [2.75, 3.05) is 17.2 Å². The fourth-order valence-corrected chi connectivity index (χ4v) is 4.25. The van der Waals surface area contributed by atoms with Crippen LogP contribution in [0.4, 0.5) is 5.69 Å². The van der Waals surface area contributed by atoms with Crippen LogP contribution in [0, 0.1) is 0 Å². The second-order valence-corrected chi connectivity index (χ2v) is 9.51. The van der Waals surface area contributed by atoms with Crippen LogP contribution >= 0.6 is 11.6 Å². The number of hydrogen-bond acceptors (Lipinski definition) is 4. The Morgan fingerprint density at radius 1 is 1.03 bits per heavy atom. The molecule has 0 fully saturated rings. The van der Waals surface area contributed by atoms with Crippen LogP contribution in [0.3, 0.4) is 0 Å². The average Bonchev–Trinajstić information content (AvgIpc) is 2.76. The van der Waals surface area contributed by atoms with Gasteiger partial charge in [-0.15, -0.1) is 0 Å². The van der Waals surface area contributed by atoms with E-state index >= 15 is 0 Å². The first-order chi connectivity index (χ1) is 15.3. The minimum Gasteiger partial charge on any atom is -0.494 e. The van der Waals surface area contributed by atoms with Crippen molar-refractivity contribution in [3.05, 3.63) is 94.5 Å². The third-order valence-electron chi connectivity index (χ3n) is 4.75. The number of rotatable bonds is 9. The molecular weight excluding hydrogens is 448 g/mol. The Kier molecular flexibility index (Phi) is 7.77. The maximum atomic E-state index is 12.6. The molecule has 3 rings (SSSR count). The van der Waals surface area contributed by atoms with E-state index in [9.17, 15) is 13.2 Å². The number of para-hydroxylation sites is 1. The maximum Gasteiger partial charge on any atom is 0.251 e. The molecule has 3 aromatic rings. The number of ether oxygens (including phenoxy) is 1. The Hall–Kier alpha value is -3.03. The van der Waals surface area contributed by atoms with Gasteiger partial charge >= 0.3 is 0 Å². The molecule has 168 valence electrons. The molecule has 1 amide bonds. The van der Waals surface area contributed by atoms with Crippen molar-refractivity contribution < 1.29 is 17.9 Å². The Morgan fingerprint density at radius 2 is 1.75 bits per heavy atom. The van der Waals surface area contributed by atoms with E-state index in [4.69, 9.17) is 16.3 Å². The summed E-state index contributed by atoms with van der Waals surface area (Å²) in [5.41, 5.74) is 2.60. The summed E-state index contributed by atoms with van der Waals surface area (Å²) in [6.07, 6.45) is 1.15. The molecule has 0 aliphatic carbocycles. The zero-order valence-electron chi connectivity index (χ0n) is 17.9. The lowest BCUT2D eigenvalue weighted by Crippen LogP contribution is -2.29. The molecule has 0 spiro atoms. The predicted molar refractivity (Wildman–Crippen MR) is 128 cm³/mol. The molecule has 0 atom stereocenters. The Labute approximate surface area is 193 Å². The van der Waals surface area contributed by atoms with Crippen LogP contribution in [0.1, 0.15) is 28.4 Å². The number of amides is 1. The van der Waals surface area contributed by atoms with Gasteiger partial charge in [0.15, 0.2) is 0 Å². The highest BCUT2D eigenvalue weighted by molar-refractivity contribution is 7.92. The van der Waals surface area contributed by atoms with Crippen molar-refractivity contribution in [2.24, 2.45) is 0 Å². The lowest BCUT2D eigenvalue weighted by molar-refractivity contribution is 0.0950. The van der Waals surface area contributed by atoms with E-state index in [2.05, 4.69) is 5.32 Å². The van der Waals surface area contributed by atoms with Gasteiger partial charge in [-0.05, 0) is 48.9 Å². The van der Waals surface area contributed by atoms with Crippen LogP contribution in [-0.4, -0.2) is 27.2 Å². The fourth-order valence-electron chi connectivity index (χ4n) is 3.18. The highest BCUT2D eigenvalue weighted by atomic mass is 35.5. The van der Waals surface area contributed by atoms with Crippen LogP contribution in [0.5, 0.6) is 5.75 Å². The quantitative estimate of drug-likeness (QED) is 0.492. The van der Waals surface area contributed by atoms with Crippen LogP contribution < -0.4 is 14.4 Å². The van der Waals surface area contributed by atoms with Gasteiger partial charge in [0.1, 0.15) is 5.75 Å². The first kappa shape index (κ1) is 23.6. The zero-order valence-corrected chi connectivity index (χ0v) is 19.5. The van der Waals surface area contributed by atoms with Crippen molar-refractivity contribution in [3.8, 4) is 5.75 Å². The van der Waals surface area contributed by atoms with Crippen molar-refractivity contribution in [1.82, 2.24) is 5.32 Å². The molecule has 0 heterocycles. The highest BCUT2D eigenvalue weighted by Gasteiger charge is 2.18.